The second-order valence-electron chi connectivity index (χ2n) is 2.38. The molecular formula is C7H9GeNO2. The van der Waals surface area contributed by atoms with Crippen LogP contribution in [0.4, 0.5) is 5.69 Å². The van der Waals surface area contributed by atoms with Crippen LogP contribution in [0.15, 0.2) is 18.2 Å². The summed E-state index contributed by atoms with van der Waals surface area (Å²) in [7, 11) is 0. The van der Waals surface area contributed by atoms with Gasteiger partial charge in [0.2, 0.25) is 0 Å². The van der Waals surface area contributed by atoms with E-state index in [1.54, 1.807) is 12.1 Å². The molecule has 0 saturated carbocycles. The average Bonchev–Trinajstić information content (AvgIpc) is 1.94. The molecule has 0 aliphatic carbocycles. The third-order valence-corrected chi connectivity index (χ3v) is 3.44. The van der Waals surface area contributed by atoms with Gasteiger partial charge >= 0.3 is 72.0 Å². The fourth-order valence-electron chi connectivity index (χ4n) is 0.774. The second kappa shape index (κ2) is 2.96. The van der Waals surface area contributed by atoms with Crippen molar-refractivity contribution in [2.75, 3.05) is 5.73 Å². The Labute approximate surface area is 72.4 Å². The van der Waals surface area contributed by atoms with Crippen molar-refractivity contribution < 1.29 is 9.90 Å². The minimum atomic E-state index is -0.927. The van der Waals surface area contributed by atoms with Gasteiger partial charge in [-0.1, -0.05) is 0 Å². The van der Waals surface area contributed by atoms with Crippen LogP contribution in [0.1, 0.15) is 10.4 Å². The number of nitrogen functional groups attached to an aromatic ring is 1. The zero-order chi connectivity index (χ0) is 8.43. The van der Waals surface area contributed by atoms with Crippen molar-refractivity contribution >= 4 is 32.6 Å². The zero-order valence-electron chi connectivity index (χ0n) is 6.16. The summed E-state index contributed by atoms with van der Waals surface area (Å²) in [5.41, 5.74) is 6.40. The second-order valence-corrected chi connectivity index (χ2v) is 4.64. The number of nitrogens with two attached hydrogens (primary N) is 1. The maximum absolute atomic E-state index is 10.4. The van der Waals surface area contributed by atoms with Gasteiger partial charge in [-0.3, -0.25) is 0 Å². The molecule has 3 nitrogen and oxygen atoms in total. The molecule has 0 radical (unpaired) electrons. The molecule has 4 heteroatoms. The van der Waals surface area contributed by atoms with Gasteiger partial charge < -0.3 is 0 Å². The summed E-state index contributed by atoms with van der Waals surface area (Å²) in [5, 5.41) is 8.56. The molecule has 1 aromatic rings. The van der Waals surface area contributed by atoms with E-state index in [4.69, 9.17) is 10.8 Å². The molecule has 0 spiro atoms. The molecule has 0 aromatic heterocycles. The van der Waals surface area contributed by atoms with E-state index < -0.39 is 5.97 Å². The number of rotatable bonds is 1. The number of anilines is 1. The van der Waals surface area contributed by atoms with Crippen molar-refractivity contribution in [3.8, 4) is 0 Å². The Balaban J connectivity index is 3.15. The average molecular weight is 212 g/mol. The number of carbonyl (C=O) groups is 1. The van der Waals surface area contributed by atoms with E-state index in [-0.39, 0.29) is 5.56 Å². The van der Waals surface area contributed by atoms with Gasteiger partial charge in [-0.25, -0.2) is 0 Å². The van der Waals surface area contributed by atoms with Gasteiger partial charge in [-0.05, 0) is 0 Å². The molecular weight excluding hydrogens is 203 g/mol. The number of carboxylic acid groups (broad SMARTS) is 1. The van der Waals surface area contributed by atoms with Gasteiger partial charge in [0, 0.05) is 0 Å². The van der Waals surface area contributed by atoms with Gasteiger partial charge in [0.05, 0.1) is 0 Å². The van der Waals surface area contributed by atoms with Crippen molar-refractivity contribution in [1.29, 1.82) is 0 Å². The molecule has 0 saturated heterocycles. The van der Waals surface area contributed by atoms with Crippen LogP contribution in [-0.2, 0) is 0 Å². The Morgan fingerprint density at radius 2 is 2.18 bits per heavy atom. The quantitative estimate of drug-likeness (QED) is 0.461. The van der Waals surface area contributed by atoms with Crippen LogP contribution in [0.2, 0.25) is 0 Å². The molecule has 1 aromatic carbocycles. The summed E-state index contributed by atoms with van der Waals surface area (Å²) in [6, 6.07) is 4.86. The van der Waals surface area contributed by atoms with Crippen molar-refractivity contribution in [2.45, 2.75) is 0 Å². The van der Waals surface area contributed by atoms with Gasteiger partial charge in [-0.2, -0.15) is 0 Å². The molecule has 0 unspecified atom stereocenters. The third kappa shape index (κ3) is 1.74. The molecule has 11 heavy (non-hydrogen) atoms. The van der Waals surface area contributed by atoms with Crippen molar-refractivity contribution in [3.05, 3.63) is 23.8 Å². The SMILES string of the molecule is Nc1cc(C(=O)O)cc[c]1[GeH3]. The summed E-state index contributed by atoms with van der Waals surface area (Å²) < 4.78 is 1.09. The summed E-state index contributed by atoms with van der Waals surface area (Å²) in [6.07, 6.45) is 0. The first kappa shape index (κ1) is 8.13. The van der Waals surface area contributed by atoms with Gasteiger partial charge in [-0.15, -0.1) is 0 Å². The van der Waals surface area contributed by atoms with Crippen molar-refractivity contribution in [2.24, 2.45) is 0 Å². The minimum absolute atomic E-state index is 0.260. The summed E-state index contributed by atoms with van der Waals surface area (Å²) >= 11 is 0.508. The Bertz CT molecular complexity index is 298. The van der Waals surface area contributed by atoms with E-state index in [0.29, 0.717) is 22.2 Å². The van der Waals surface area contributed by atoms with Crippen LogP contribution in [0.5, 0.6) is 0 Å². The van der Waals surface area contributed by atoms with Gasteiger partial charge in [0.15, 0.2) is 0 Å². The predicted molar refractivity (Wildman–Crippen MR) is 47.4 cm³/mol. The van der Waals surface area contributed by atoms with Crippen LogP contribution < -0.4 is 10.1 Å². The molecule has 0 aliphatic rings. The summed E-state index contributed by atoms with van der Waals surface area (Å²) in [6.45, 7) is 0. The van der Waals surface area contributed by atoms with E-state index >= 15 is 0 Å². The molecule has 0 bridgehead atoms. The number of hydrogen-bond acceptors (Lipinski definition) is 2. The van der Waals surface area contributed by atoms with Crippen LogP contribution in [0.25, 0.3) is 0 Å². The molecule has 0 aliphatic heterocycles. The van der Waals surface area contributed by atoms with Gasteiger partial charge in [0.1, 0.15) is 0 Å². The van der Waals surface area contributed by atoms with Crippen LogP contribution in [-0.4, -0.2) is 27.6 Å². The van der Waals surface area contributed by atoms with E-state index in [1.807, 2.05) is 0 Å². The summed E-state index contributed by atoms with van der Waals surface area (Å²) in [5.74, 6) is -0.927. The molecule has 1 rings (SSSR count). The fourth-order valence-corrected chi connectivity index (χ4v) is 1.43. The van der Waals surface area contributed by atoms with Crippen LogP contribution in [0.3, 0.4) is 0 Å². The Morgan fingerprint density at radius 1 is 1.55 bits per heavy atom. The van der Waals surface area contributed by atoms with E-state index in [1.165, 1.54) is 6.07 Å². The Morgan fingerprint density at radius 3 is 2.64 bits per heavy atom. The normalized spacial score (nSPS) is 9.82. The third-order valence-electron chi connectivity index (χ3n) is 1.53. The monoisotopic (exact) mass is 213 g/mol. The first-order valence-electron chi connectivity index (χ1n) is 3.20. The van der Waals surface area contributed by atoms with E-state index in [2.05, 4.69) is 0 Å². The number of hydrogen-bond donors (Lipinski definition) is 2. The Kier molecular flexibility index (Phi) is 2.19. The number of benzene rings is 1. The predicted octanol–water partition coefficient (Wildman–Crippen LogP) is -1.04. The van der Waals surface area contributed by atoms with Gasteiger partial charge in [0.25, 0.3) is 0 Å². The van der Waals surface area contributed by atoms with Crippen LogP contribution in [0, 0.1) is 0 Å². The molecule has 58 valence electrons. The van der Waals surface area contributed by atoms with Crippen molar-refractivity contribution in [1.82, 2.24) is 0 Å². The molecule has 3 N–H and O–H groups in total. The maximum atomic E-state index is 10.4. The molecule has 0 atom stereocenters. The van der Waals surface area contributed by atoms with Crippen LogP contribution >= 0.6 is 0 Å². The molecule has 0 fully saturated rings. The molecule has 0 amide bonds. The summed E-state index contributed by atoms with van der Waals surface area (Å²) in [4.78, 5) is 10.4. The van der Waals surface area contributed by atoms with E-state index in [9.17, 15) is 4.79 Å². The first-order chi connectivity index (χ1) is 5.11. The standard InChI is InChI=1S/C7H9GeNO2/c8-5-2-1-4(7(10)11)3-6(5)9/h1-3H,9H2,8H3,(H,10,11). The first-order valence-corrected chi connectivity index (χ1v) is 5.30. The topological polar surface area (TPSA) is 63.3 Å². The molecule has 0 heterocycles. The number of carboxylic acids is 1. The Hall–Kier alpha value is -0.967. The zero-order valence-corrected chi connectivity index (χ0v) is 10.4. The number of aromatic carboxylic acids is 1. The fraction of sp³-hybridized carbons (Fsp3) is 0. The van der Waals surface area contributed by atoms with Crippen molar-refractivity contribution in [3.63, 3.8) is 0 Å². The van der Waals surface area contributed by atoms with E-state index in [0.717, 1.165) is 4.40 Å².